The maximum atomic E-state index is 11.6. The van der Waals surface area contributed by atoms with Crippen molar-refractivity contribution in [2.24, 2.45) is 0 Å². The standard InChI is InChI=1S/C14H12O6S2/c15-21(16,17)13-9-5-4-8-12(13)14(22(18,19)20)10-11-6-2-1-3-7-11/h1-10H,(H,15,16,17)(H,18,19,20). The Morgan fingerprint density at radius 1 is 0.818 bits per heavy atom. The Balaban J connectivity index is 2.77. The molecule has 0 aliphatic carbocycles. The molecule has 22 heavy (non-hydrogen) atoms. The van der Waals surface area contributed by atoms with Crippen molar-refractivity contribution in [1.82, 2.24) is 0 Å². The van der Waals surface area contributed by atoms with E-state index in [4.69, 9.17) is 0 Å². The van der Waals surface area contributed by atoms with E-state index < -0.39 is 30.0 Å². The minimum Gasteiger partial charge on any atom is -0.282 e. The zero-order valence-corrected chi connectivity index (χ0v) is 12.8. The summed E-state index contributed by atoms with van der Waals surface area (Å²) in [5.74, 6) is 0. The molecule has 0 saturated heterocycles. The van der Waals surface area contributed by atoms with E-state index in [9.17, 15) is 25.9 Å². The molecule has 0 radical (unpaired) electrons. The summed E-state index contributed by atoms with van der Waals surface area (Å²) >= 11 is 0. The molecule has 0 saturated carbocycles. The van der Waals surface area contributed by atoms with Gasteiger partial charge in [0.2, 0.25) is 0 Å². The molecule has 116 valence electrons. The van der Waals surface area contributed by atoms with Crippen LogP contribution < -0.4 is 0 Å². The third-order valence-electron chi connectivity index (χ3n) is 2.81. The Labute approximate surface area is 128 Å². The largest absolute Gasteiger partial charge is 0.295 e. The third-order valence-corrected chi connectivity index (χ3v) is 4.61. The van der Waals surface area contributed by atoms with Crippen molar-refractivity contribution < 1.29 is 25.9 Å². The SMILES string of the molecule is O=S(=O)(O)C(=Cc1ccccc1)c1ccccc1S(=O)(=O)O. The van der Waals surface area contributed by atoms with Crippen LogP contribution in [0.1, 0.15) is 11.1 Å². The lowest BCUT2D eigenvalue weighted by Gasteiger charge is -2.09. The van der Waals surface area contributed by atoms with E-state index in [0.29, 0.717) is 5.56 Å². The number of hydrogen-bond acceptors (Lipinski definition) is 4. The first-order valence-electron chi connectivity index (χ1n) is 6.01. The van der Waals surface area contributed by atoms with Crippen LogP contribution in [0, 0.1) is 0 Å². The van der Waals surface area contributed by atoms with Gasteiger partial charge in [0.25, 0.3) is 20.2 Å². The lowest BCUT2D eigenvalue weighted by molar-refractivity contribution is 0.483. The van der Waals surface area contributed by atoms with Crippen LogP contribution >= 0.6 is 0 Å². The molecule has 2 N–H and O–H groups in total. The van der Waals surface area contributed by atoms with Crippen LogP contribution in [0.5, 0.6) is 0 Å². The summed E-state index contributed by atoms with van der Waals surface area (Å²) in [6.07, 6.45) is 1.12. The predicted molar refractivity (Wildman–Crippen MR) is 82.1 cm³/mol. The molecular weight excluding hydrogens is 328 g/mol. The zero-order valence-electron chi connectivity index (χ0n) is 11.1. The monoisotopic (exact) mass is 340 g/mol. The van der Waals surface area contributed by atoms with E-state index in [1.165, 1.54) is 18.2 Å². The van der Waals surface area contributed by atoms with Crippen LogP contribution in [0.3, 0.4) is 0 Å². The summed E-state index contributed by atoms with van der Waals surface area (Å²) in [5, 5.41) is 0. The Morgan fingerprint density at radius 2 is 1.36 bits per heavy atom. The fourth-order valence-electron chi connectivity index (χ4n) is 1.89. The van der Waals surface area contributed by atoms with Gasteiger partial charge >= 0.3 is 0 Å². The van der Waals surface area contributed by atoms with E-state index in [2.05, 4.69) is 0 Å². The molecule has 0 spiro atoms. The smallest absolute Gasteiger partial charge is 0.282 e. The second kappa shape index (κ2) is 6.01. The van der Waals surface area contributed by atoms with Crippen LogP contribution in [0.25, 0.3) is 11.0 Å². The maximum absolute atomic E-state index is 11.6. The molecule has 0 aromatic heterocycles. The first-order chi connectivity index (χ1) is 10.2. The van der Waals surface area contributed by atoms with Gasteiger partial charge in [0.1, 0.15) is 9.80 Å². The summed E-state index contributed by atoms with van der Waals surface area (Å²) < 4.78 is 64.7. The molecule has 2 rings (SSSR count). The molecule has 2 aromatic rings. The summed E-state index contributed by atoms with van der Waals surface area (Å²) in [6.45, 7) is 0. The van der Waals surface area contributed by atoms with Gasteiger partial charge in [-0.1, -0.05) is 48.5 Å². The van der Waals surface area contributed by atoms with Gasteiger partial charge in [0.05, 0.1) is 0 Å². The van der Waals surface area contributed by atoms with Crippen LogP contribution in [0.2, 0.25) is 0 Å². The Hall–Kier alpha value is -2.00. The van der Waals surface area contributed by atoms with E-state index in [1.807, 2.05) is 0 Å². The molecule has 2 aromatic carbocycles. The molecule has 0 bridgehead atoms. The van der Waals surface area contributed by atoms with Crippen molar-refractivity contribution in [3.05, 3.63) is 65.7 Å². The molecule has 8 heteroatoms. The van der Waals surface area contributed by atoms with Gasteiger partial charge in [-0.05, 0) is 17.7 Å². The van der Waals surface area contributed by atoms with Gasteiger partial charge in [-0.15, -0.1) is 0 Å². The molecule has 0 fully saturated rings. The van der Waals surface area contributed by atoms with Gasteiger partial charge in [-0.25, -0.2) is 0 Å². The first-order valence-corrected chi connectivity index (χ1v) is 8.89. The summed E-state index contributed by atoms with van der Waals surface area (Å²) in [5.41, 5.74) is 0.136. The van der Waals surface area contributed by atoms with Gasteiger partial charge in [0.15, 0.2) is 0 Å². The quantitative estimate of drug-likeness (QED) is 0.653. The average Bonchev–Trinajstić information content (AvgIpc) is 2.44. The summed E-state index contributed by atoms with van der Waals surface area (Å²) in [7, 11) is -9.36. The molecule has 0 amide bonds. The molecule has 0 aliphatic rings. The molecular formula is C14H12O6S2. The van der Waals surface area contributed by atoms with Gasteiger partial charge in [0, 0.05) is 5.56 Å². The Kier molecular flexibility index (Phi) is 4.47. The zero-order chi connectivity index (χ0) is 16.4. The van der Waals surface area contributed by atoms with E-state index in [1.54, 1.807) is 30.3 Å². The van der Waals surface area contributed by atoms with Crippen LogP contribution in [-0.2, 0) is 20.2 Å². The fourth-order valence-corrected chi connectivity index (χ4v) is 3.40. The normalized spacial score (nSPS) is 13.1. The van der Waals surface area contributed by atoms with E-state index in [-0.39, 0.29) is 5.56 Å². The molecule has 0 heterocycles. The maximum Gasteiger partial charge on any atom is 0.295 e. The lowest BCUT2D eigenvalue weighted by atomic mass is 10.1. The van der Waals surface area contributed by atoms with Crippen LogP contribution in [-0.4, -0.2) is 25.9 Å². The van der Waals surface area contributed by atoms with Gasteiger partial charge in [-0.2, -0.15) is 16.8 Å². The summed E-state index contributed by atoms with van der Waals surface area (Å²) in [4.78, 5) is -1.22. The Bertz CT molecular complexity index is 913. The molecule has 0 unspecified atom stereocenters. The highest BCUT2D eigenvalue weighted by Gasteiger charge is 2.24. The van der Waals surface area contributed by atoms with Crippen molar-refractivity contribution in [3.8, 4) is 0 Å². The summed E-state index contributed by atoms with van der Waals surface area (Å²) in [6, 6.07) is 13.2. The fraction of sp³-hybridized carbons (Fsp3) is 0. The predicted octanol–water partition coefficient (Wildman–Crippen LogP) is 2.32. The van der Waals surface area contributed by atoms with Gasteiger partial charge < -0.3 is 0 Å². The number of rotatable bonds is 4. The molecule has 6 nitrogen and oxygen atoms in total. The minimum atomic E-state index is -4.71. The molecule has 0 aliphatic heterocycles. The topological polar surface area (TPSA) is 109 Å². The van der Waals surface area contributed by atoms with Crippen molar-refractivity contribution in [2.45, 2.75) is 4.90 Å². The van der Waals surface area contributed by atoms with E-state index >= 15 is 0 Å². The van der Waals surface area contributed by atoms with Crippen molar-refractivity contribution >= 4 is 31.2 Å². The van der Waals surface area contributed by atoms with Crippen molar-refractivity contribution in [2.75, 3.05) is 0 Å². The average molecular weight is 340 g/mol. The second-order valence-corrected chi connectivity index (χ2v) is 7.15. The van der Waals surface area contributed by atoms with Crippen LogP contribution in [0.15, 0.2) is 59.5 Å². The highest BCUT2D eigenvalue weighted by molar-refractivity contribution is 7.95. The highest BCUT2D eigenvalue weighted by Crippen LogP contribution is 2.28. The van der Waals surface area contributed by atoms with Crippen LogP contribution in [0.4, 0.5) is 0 Å². The number of hydrogen-bond donors (Lipinski definition) is 2. The number of benzene rings is 2. The van der Waals surface area contributed by atoms with Gasteiger partial charge in [-0.3, -0.25) is 9.11 Å². The highest BCUT2D eigenvalue weighted by atomic mass is 32.2. The molecule has 0 atom stereocenters. The van der Waals surface area contributed by atoms with Crippen molar-refractivity contribution in [3.63, 3.8) is 0 Å². The third kappa shape index (κ3) is 3.80. The Morgan fingerprint density at radius 3 is 1.91 bits per heavy atom. The minimum absolute atomic E-state index is 0.309. The lowest BCUT2D eigenvalue weighted by Crippen LogP contribution is -2.07. The van der Waals surface area contributed by atoms with E-state index in [0.717, 1.165) is 12.1 Å². The first kappa shape index (κ1) is 16.4. The van der Waals surface area contributed by atoms with Crippen molar-refractivity contribution in [1.29, 1.82) is 0 Å². The second-order valence-electron chi connectivity index (χ2n) is 4.37.